The highest BCUT2D eigenvalue weighted by molar-refractivity contribution is 8.13. The van der Waals surface area contributed by atoms with E-state index in [1.807, 2.05) is 0 Å². The normalized spacial score (nSPS) is 13.4. The van der Waals surface area contributed by atoms with E-state index in [0.717, 1.165) is 6.07 Å². The Morgan fingerprint density at radius 2 is 2.12 bits per heavy atom. The van der Waals surface area contributed by atoms with Crippen LogP contribution in [0.25, 0.3) is 0 Å². The van der Waals surface area contributed by atoms with Gasteiger partial charge in [-0.1, -0.05) is 18.5 Å². The number of halogens is 3. The van der Waals surface area contributed by atoms with E-state index in [2.05, 4.69) is 0 Å². The highest BCUT2D eigenvalue weighted by atomic mass is 35.7. The third-order valence-electron chi connectivity index (χ3n) is 1.91. The van der Waals surface area contributed by atoms with Gasteiger partial charge >= 0.3 is 0 Å². The van der Waals surface area contributed by atoms with Gasteiger partial charge in [-0.05, 0) is 12.1 Å². The van der Waals surface area contributed by atoms with E-state index in [-0.39, 0.29) is 23.3 Å². The lowest BCUT2D eigenvalue weighted by molar-refractivity contribution is 0.271. The van der Waals surface area contributed by atoms with Crippen molar-refractivity contribution in [3.63, 3.8) is 0 Å². The van der Waals surface area contributed by atoms with Crippen LogP contribution in [0.15, 0.2) is 18.2 Å². The molecule has 1 unspecified atom stereocenters. The predicted molar refractivity (Wildman–Crippen MR) is 65.7 cm³/mol. The van der Waals surface area contributed by atoms with Gasteiger partial charge in [-0.15, -0.1) is 0 Å². The maximum Gasteiger partial charge on any atom is 0.232 e. The molecule has 0 amide bonds. The second-order valence-corrected chi connectivity index (χ2v) is 6.93. The molecule has 3 nitrogen and oxygen atoms in total. The summed E-state index contributed by atoms with van der Waals surface area (Å²) in [6, 6.07) is 4.02. The molecule has 96 valence electrons. The maximum atomic E-state index is 13.0. The molecule has 0 aromatic heterocycles. The fourth-order valence-electron chi connectivity index (χ4n) is 1.19. The van der Waals surface area contributed by atoms with Gasteiger partial charge in [-0.2, -0.15) is 0 Å². The van der Waals surface area contributed by atoms with Gasteiger partial charge in [-0.25, -0.2) is 12.8 Å². The average Bonchev–Trinajstić information content (AvgIpc) is 2.17. The molecular formula is C10H11Cl2FO3S. The SMILES string of the molecule is CC(COc1ccc(Cl)c(F)c1)CS(=O)(=O)Cl. The summed E-state index contributed by atoms with van der Waals surface area (Å²) in [7, 11) is 1.55. The monoisotopic (exact) mass is 300 g/mol. The molecule has 1 rings (SSSR count). The zero-order valence-corrected chi connectivity index (χ0v) is 11.3. The maximum absolute atomic E-state index is 13.0. The molecule has 0 aliphatic heterocycles. The lowest BCUT2D eigenvalue weighted by Crippen LogP contribution is -2.16. The van der Waals surface area contributed by atoms with Crippen molar-refractivity contribution in [1.29, 1.82) is 0 Å². The third-order valence-corrected chi connectivity index (χ3v) is 3.56. The van der Waals surface area contributed by atoms with Crippen molar-refractivity contribution in [1.82, 2.24) is 0 Å². The van der Waals surface area contributed by atoms with Crippen LogP contribution >= 0.6 is 22.3 Å². The zero-order valence-electron chi connectivity index (χ0n) is 8.99. The first-order valence-electron chi connectivity index (χ1n) is 4.78. The molecule has 1 aromatic rings. The van der Waals surface area contributed by atoms with Gasteiger partial charge in [0.25, 0.3) is 0 Å². The molecule has 1 atom stereocenters. The lowest BCUT2D eigenvalue weighted by Gasteiger charge is -2.11. The fraction of sp³-hybridized carbons (Fsp3) is 0.400. The summed E-state index contributed by atoms with van der Waals surface area (Å²) in [6.07, 6.45) is 0. The fourth-order valence-corrected chi connectivity index (χ4v) is 2.73. The molecule has 1 aromatic carbocycles. The summed E-state index contributed by atoms with van der Waals surface area (Å²) >= 11 is 5.50. The number of hydrogen-bond donors (Lipinski definition) is 0. The Morgan fingerprint density at radius 3 is 2.65 bits per heavy atom. The Labute approximate surface area is 109 Å². The molecule has 7 heteroatoms. The quantitative estimate of drug-likeness (QED) is 0.785. The third kappa shape index (κ3) is 5.57. The number of rotatable bonds is 5. The van der Waals surface area contributed by atoms with Crippen LogP contribution in [0.2, 0.25) is 5.02 Å². The molecule has 0 fully saturated rings. The number of ether oxygens (including phenoxy) is 1. The minimum Gasteiger partial charge on any atom is -0.493 e. The molecule has 0 aliphatic carbocycles. The number of benzene rings is 1. The minimum atomic E-state index is -3.55. The first-order valence-corrected chi connectivity index (χ1v) is 7.64. The van der Waals surface area contributed by atoms with Crippen LogP contribution in [0.1, 0.15) is 6.92 Å². The van der Waals surface area contributed by atoms with Crippen molar-refractivity contribution in [2.45, 2.75) is 6.92 Å². The van der Waals surface area contributed by atoms with E-state index in [9.17, 15) is 12.8 Å². The van der Waals surface area contributed by atoms with Crippen LogP contribution in [0, 0.1) is 11.7 Å². The second kappa shape index (κ2) is 5.89. The lowest BCUT2D eigenvalue weighted by atomic mass is 10.2. The summed E-state index contributed by atoms with van der Waals surface area (Å²) in [5.74, 6) is -0.756. The standard InChI is InChI=1S/C10H11Cl2FO3S/c1-7(6-17(12,14)15)5-16-8-2-3-9(11)10(13)4-8/h2-4,7H,5-6H2,1H3. The van der Waals surface area contributed by atoms with Crippen LogP contribution in [0.5, 0.6) is 5.75 Å². The van der Waals surface area contributed by atoms with E-state index in [1.54, 1.807) is 6.92 Å². The van der Waals surface area contributed by atoms with E-state index >= 15 is 0 Å². The van der Waals surface area contributed by atoms with Crippen LogP contribution in [0.3, 0.4) is 0 Å². The van der Waals surface area contributed by atoms with Crippen molar-refractivity contribution in [3.05, 3.63) is 29.0 Å². The van der Waals surface area contributed by atoms with Gasteiger partial charge in [0.2, 0.25) is 9.05 Å². The van der Waals surface area contributed by atoms with Crippen molar-refractivity contribution in [2.75, 3.05) is 12.4 Å². The minimum absolute atomic E-state index is 0.00809. The summed E-state index contributed by atoms with van der Waals surface area (Å²) in [4.78, 5) is 0. The van der Waals surface area contributed by atoms with Crippen LogP contribution in [-0.4, -0.2) is 20.8 Å². The molecule has 17 heavy (non-hydrogen) atoms. The van der Waals surface area contributed by atoms with Gasteiger partial charge in [-0.3, -0.25) is 0 Å². The summed E-state index contributed by atoms with van der Waals surface area (Å²) in [6.45, 7) is 1.80. The first kappa shape index (κ1) is 14.5. The van der Waals surface area contributed by atoms with Crippen molar-refractivity contribution >= 4 is 31.3 Å². The molecule has 0 bridgehead atoms. The van der Waals surface area contributed by atoms with Crippen LogP contribution < -0.4 is 4.74 Å². The summed E-state index contributed by atoms with van der Waals surface area (Å²) < 4.78 is 39.8. The summed E-state index contributed by atoms with van der Waals surface area (Å²) in [5, 5.41) is 0.00809. The number of hydrogen-bond acceptors (Lipinski definition) is 3. The Morgan fingerprint density at radius 1 is 1.47 bits per heavy atom. The molecule has 0 aliphatic rings. The van der Waals surface area contributed by atoms with Crippen molar-refractivity contribution in [2.24, 2.45) is 5.92 Å². The first-order chi connectivity index (χ1) is 7.78. The highest BCUT2D eigenvalue weighted by Gasteiger charge is 2.13. The molecule has 0 N–H and O–H groups in total. The van der Waals surface area contributed by atoms with Crippen molar-refractivity contribution < 1.29 is 17.5 Å². The molecule has 0 saturated carbocycles. The zero-order chi connectivity index (χ0) is 13.1. The molecule has 0 saturated heterocycles. The Bertz CT molecular complexity index is 490. The van der Waals surface area contributed by atoms with Crippen molar-refractivity contribution in [3.8, 4) is 5.75 Å². The average molecular weight is 301 g/mol. The largest absolute Gasteiger partial charge is 0.493 e. The topological polar surface area (TPSA) is 43.4 Å². The van der Waals surface area contributed by atoms with Crippen LogP contribution in [0.4, 0.5) is 4.39 Å². The van der Waals surface area contributed by atoms with Gasteiger partial charge in [0.1, 0.15) is 11.6 Å². The highest BCUT2D eigenvalue weighted by Crippen LogP contribution is 2.21. The van der Waals surface area contributed by atoms with E-state index in [1.165, 1.54) is 12.1 Å². The Kier molecular flexibility index (Phi) is 5.04. The second-order valence-electron chi connectivity index (χ2n) is 3.70. The van der Waals surface area contributed by atoms with E-state index in [4.69, 9.17) is 27.0 Å². The Hall–Kier alpha value is -0.520. The molecule has 0 heterocycles. The molecule has 0 radical (unpaired) electrons. The van der Waals surface area contributed by atoms with Crippen LogP contribution in [-0.2, 0) is 9.05 Å². The van der Waals surface area contributed by atoms with Gasteiger partial charge in [0, 0.05) is 22.7 Å². The molecular weight excluding hydrogens is 290 g/mol. The smallest absolute Gasteiger partial charge is 0.232 e. The molecule has 0 spiro atoms. The van der Waals surface area contributed by atoms with E-state index < -0.39 is 14.9 Å². The van der Waals surface area contributed by atoms with Gasteiger partial charge < -0.3 is 4.74 Å². The van der Waals surface area contributed by atoms with Gasteiger partial charge in [0.05, 0.1) is 17.4 Å². The Balaban J connectivity index is 2.53. The van der Waals surface area contributed by atoms with Gasteiger partial charge in [0.15, 0.2) is 0 Å². The predicted octanol–water partition coefficient (Wildman–Crippen LogP) is 3.06. The van der Waals surface area contributed by atoms with E-state index in [0.29, 0.717) is 5.75 Å². The summed E-state index contributed by atoms with van der Waals surface area (Å²) in [5.41, 5.74) is 0.